The molecule has 0 aliphatic heterocycles. The van der Waals surface area contributed by atoms with Crippen molar-refractivity contribution >= 4 is 12.3 Å². The van der Waals surface area contributed by atoms with Gasteiger partial charge < -0.3 is 15.7 Å². The maximum absolute atomic E-state index is 12.4. The summed E-state index contributed by atoms with van der Waals surface area (Å²) in [6.45, 7) is 3.51. The summed E-state index contributed by atoms with van der Waals surface area (Å²) in [6.07, 6.45) is 6.96. The van der Waals surface area contributed by atoms with Crippen molar-refractivity contribution in [2.45, 2.75) is 45.4 Å². The summed E-state index contributed by atoms with van der Waals surface area (Å²) in [7, 11) is 0. The van der Waals surface area contributed by atoms with Crippen molar-refractivity contribution in [1.82, 2.24) is 10.6 Å². The van der Waals surface area contributed by atoms with E-state index in [1.165, 1.54) is 17.7 Å². The standard InChI is InChI=1S/C25H34N2O3/c1-2-20(17-21-7-4-3-5-8-21)10-11-22(9-6-16-26-19-28)18-27-25(30)23-12-14-24(29)15-13-23/h3-5,7-8,12-15,19-20,22,29H,2,6,9-11,16-18H2,1H3,(H,26,28)(H,27,30). The summed E-state index contributed by atoms with van der Waals surface area (Å²) in [5.74, 6) is 1.01. The van der Waals surface area contributed by atoms with Gasteiger partial charge in [-0.25, -0.2) is 0 Å². The van der Waals surface area contributed by atoms with Gasteiger partial charge in [-0.15, -0.1) is 0 Å². The average molecular weight is 411 g/mol. The molecule has 0 saturated heterocycles. The van der Waals surface area contributed by atoms with E-state index in [0.717, 1.165) is 44.9 Å². The molecule has 2 atom stereocenters. The summed E-state index contributed by atoms with van der Waals surface area (Å²) in [5.41, 5.74) is 1.92. The van der Waals surface area contributed by atoms with Crippen molar-refractivity contribution in [3.05, 3.63) is 65.7 Å². The fourth-order valence-electron chi connectivity index (χ4n) is 3.72. The van der Waals surface area contributed by atoms with E-state index in [1.54, 1.807) is 12.1 Å². The van der Waals surface area contributed by atoms with Gasteiger partial charge in [-0.2, -0.15) is 0 Å². The van der Waals surface area contributed by atoms with Gasteiger partial charge >= 0.3 is 0 Å². The molecule has 0 radical (unpaired) electrons. The van der Waals surface area contributed by atoms with Crippen LogP contribution in [0.1, 0.15) is 54.9 Å². The van der Waals surface area contributed by atoms with Gasteiger partial charge in [-0.1, -0.05) is 43.7 Å². The molecule has 2 aromatic carbocycles. The third kappa shape index (κ3) is 8.68. The van der Waals surface area contributed by atoms with E-state index in [2.05, 4.69) is 41.8 Å². The second-order valence-corrected chi connectivity index (χ2v) is 7.88. The highest BCUT2D eigenvalue weighted by atomic mass is 16.3. The maximum atomic E-state index is 12.4. The second kappa shape index (κ2) is 13.4. The van der Waals surface area contributed by atoms with Crippen LogP contribution in [0.2, 0.25) is 0 Å². The van der Waals surface area contributed by atoms with Crippen molar-refractivity contribution in [2.24, 2.45) is 11.8 Å². The van der Waals surface area contributed by atoms with Crippen LogP contribution in [0.15, 0.2) is 54.6 Å². The fraction of sp³-hybridized carbons (Fsp3) is 0.440. The van der Waals surface area contributed by atoms with E-state index in [9.17, 15) is 14.7 Å². The lowest BCUT2D eigenvalue weighted by Crippen LogP contribution is -2.30. The first-order valence-electron chi connectivity index (χ1n) is 10.9. The molecule has 2 aromatic rings. The van der Waals surface area contributed by atoms with Crippen LogP contribution in [0.25, 0.3) is 0 Å². The topological polar surface area (TPSA) is 78.4 Å². The Morgan fingerprint density at radius 1 is 1.00 bits per heavy atom. The molecule has 2 rings (SSSR count). The summed E-state index contributed by atoms with van der Waals surface area (Å²) < 4.78 is 0. The Bertz CT molecular complexity index is 747. The van der Waals surface area contributed by atoms with Gasteiger partial charge in [0, 0.05) is 18.7 Å². The molecule has 0 fully saturated rings. The number of hydrogen-bond donors (Lipinski definition) is 3. The normalized spacial score (nSPS) is 12.7. The Kier molecular flexibility index (Phi) is 10.5. The number of phenols is 1. The van der Waals surface area contributed by atoms with Gasteiger partial charge in [0.2, 0.25) is 6.41 Å². The molecule has 0 aliphatic rings. The van der Waals surface area contributed by atoms with Gasteiger partial charge in [-0.05, 0) is 73.8 Å². The van der Waals surface area contributed by atoms with Gasteiger partial charge in [0.25, 0.3) is 5.91 Å². The smallest absolute Gasteiger partial charge is 0.251 e. The molecule has 0 heterocycles. The Morgan fingerprint density at radius 2 is 1.70 bits per heavy atom. The van der Waals surface area contributed by atoms with Gasteiger partial charge in [0.15, 0.2) is 0 Å². The Balaban J connectivity index is 1.87. The fourth-order valence-corrected chi connectivity index (χ4v) is 3.72. The summed E-state index contributed by atoms with van der Waals surface area (Å²) in [6, 6.07) is 16.9. The molecule has 30 heavy (non-hydrogen) atoms. The SMILES string of the molecule is CCC(CCC(CCCNC=O)CNC(=O)c1ccc(O)cc1)Cc1ccccc1. The van der Waals surface area contributed by atoms with Crippen LogP contribution in [-0.2, 0) is 11.2 Å². The van der Waals surface area contributed by atoms with Crippen LogP contribution in [-0.4, -0.2) is 30.5 Å². The van der Waals surface area contributed by atoms with Crippen LogP contribution in [0.5, 0.6) is 5.75 Å². The van der Waals surface area contributed by atoms with Crippen molar-refractivity contribution < 1.29 is 14.7 Å². The zero-order chi connectivity index (χ0) is 21.6. The highest BCUT2D eigenvalue weighted by molar-refractivity contribution is 5.94. The largest absolute Gasteiger partial charge is 0.508 e. The Labute approximate surface area is 179 Å². The lowest BCUT2D eigenvalue weighted by molar-refractivity contribution is -0.109. The molecule has 2 unspecified atom stereocenters. The zero-order valence-electron chi connectivity index (χ0n) is 17.8. The minimum absolute atomic E-state index is 0.123. The molecule has 0 aliphatic carbocycles. The highest BCUT2D eigenvalue weighted by Crippen LogP contribution is 2.22. The molecule has 0 bridgehead atoms. The van der Waals surface area contributed by atoms with Crippen LogP contribution < -0.4 is 10.6 Å². The van der Waals surface area contributed by atoms with E-state index >= 15 is 0 Å². The maximum Gasteiger partial charge on any atom is 0.251 e. The number of nitrogens with one attached hydrogen (secondary N) is 2. The molecular formula is C25H34N2O3. The predicted molar refractivity (Wildman–Crippen MR) is 120 cm³/mol. The van der Waals surface area contributed by atoms with Crippen LogP contribution >= 0.6 is 0 Å². The van der Waals surface area contributed by atoms with Crippen LogP contribution in [0, 0.1) is 11.8 Å². The monoisotopic (exact) mass is 410 g/mol. The molecule has 5 heteroatoms. The number of rotatable bonds is 14. The number of carbonyl (C=O) groups is 2. The van der Waals surface area contributed by atoms with Crippen molar-refractivity contribution in [2.75, 3.05) is 13.1 Å². The number of benzene rings is 2. The van der Waals surface area contributed by atoms with Crippen molar-refractivity contribution in [3.8, 4) is 5.75 Å². The summed E-state index contributed by atoms with van der Waals surface area (Å²) >= 11 is 0. The summed E-state index contributed by atoms with van der Waals surface area (Å²) in [5, 5.41) is 15.1. The molecule has 0 saturated carbocycles. The van der Waals surface area contributed by atoms with E-state index in [-0.39, 0.29) is 11.7 Å². The predicted octanol–water partition coefficient (Wildman–Crippen LogP) is 4.31. The first-order chi connectivity index (χ1) is 14.6. The molecule has 5 nitrogen and oxygen atoms in total. The molecule has 2 amide bonds. The number of hydrogen-bond acceptors (Lipinski definition) is 3. The van der Waals surface area contributed by atoms with Crippen molar-refractivity contribution in [1.29, 1.82) is 0 Å². The Hall–Kier alpha value is -2.82. The number of carbonyl (C=O) groups excluding carboxylic acids is 2. The lowest BCUT2D eigenvalue weighted by atomic mass is 9.87. The minimum Gasteiger partial charge on any atom is -0.508 e. The molecule has 0 aromatic heterocycles. The van der Waals surface area contributed by atoms with E-state index < -0.39 is 0 Å². The van der Waals surface area contributed by atoms with E-state index in [0.29, 0.717) is 30.5 Å². The summed E-state index contributed by atoms with van der Waals surface area (Å²) in [4.78, 5) is 22.9. The third-order valence-electron chi connectivity index (χ3n) is 5.63. The first-order valence-corrected chi connectivity index (χ1v) is 10.9. The van der Waals surface area contributed by atoms with Gasteiger partial charge in [0.05, 0.1) is 0 Å². The molecular weight excluding hydrogens is 376 g/mol. The first kappa shape index (κ1) is 23.5. The number of aromatic hydroxyl groups is 1. The lowest BCUT2D eigenvalue weighted by Gasteiger charge is -2.21. The molecule has 3 N–H and O–H groups in total. The third-order valence-corrected chi connectivity index (χ3v) is 5.63. The minimum atomic E-state index is -0.123. The van der Waals surface area contributed by atoms with Crippen LogP contribution in [0.3, 0.4) is 0 Å². The average Bonchev–Trinajstić information content (AvgIpc) is 2.77. The van der Waals surface area contributed by atoms with E-state index in [4.69, 9.17) is 0 Å². The van der Waals surface area contributed by atoms with Crippen molar-refractivity contribution in [3.63, 3.8) is 0 Å². The van der Waals surface area contributed by atoms with Gasteiger partial charge in [0.1, 0.15) is 5.75 Å². The highest BCUT2D eigenvalue weighted by Gasteiger charge is 2.15. The second-order valence-electron chi connectivity index (χ2n) is 7.88. The molecule has 162 valence electrons. The molecule has 0 spiro atoms. The quantitative estimate of drug-likeness (QED) is 0.321. The number of phenolic OH excluding ortho intramolecular Hbond substituents is 1. The van der Waals surface area contributed by atoms with Crippen LogP contribution in [0.4, 0.5) is 0 Å². The van der Waals surface area contributed by atoms with E-state index in [1.807, 2.05) is 6.07 Å². The Morgan fingerprint density at radius 3 is 2.37 bits per heavy atom. The number of amides is 2. The zero-order valence-corrected chi connectivity index (χ0v) is 17.8. The van der Waals surface area contributed by atoms with Gasteiger partial charge in [-0.3, -0.25) is 9.59 Å².